The van der Waals surface area contributed by atoms with Crippen molar-refractivity contribution in [3.8, 4) is 0 Å². The van der Waals surface area contributed by atoms with Crippen molar-refractivity contribution in [3.05, 3.63) is 24.0 Å². The second kappa shape index (κ2) is 4.51. The van der Waals surface area contributed by atoms with E-state index >= 15 is 0 Å². The van der Waals surface area contributed by atoms with Gasteiger partial charge in [0.15, 0.2) is 0 Å². The number of hydrogen-bond acceptors (Lipinski definition) is 2. The molecule has 1 spiro atoms. The van der Waals surface area contributed by atoms with E-state index in [2.05, 4.69) is 10.2 Å². The summed E-state index contributed by atoms with van der Waals surface area (Å²) in [5, 5.41) is 2.74. The van der Waals surface area contributed by atoms with Crippen molar-refractivity contribution in [3.63, 3.8) is 0 Å². The molecule has 0 saturated heterocycles. The molecule has 1 aliphatic heterocycles. The maximum Gasteiger partial charge on any atom is 0.226 e. The number of nitrogens with one attached hydrogen (secondary N) is 1. The first-order chi connectivity index (χ1) is 9.12. The van der Waals surface area contributed by atoms with Gasteiger partial charge in [0.05, 0.1) is 12.1 Å². The maximum absolute atomic E-state index is 13.9. The van der Waals surface area contributed by atoms with E-state index in [9.17, 15) is 9.18 Å². The standard InChI is InChI=1S/C15H19FN2O/c1-18-12-7-5-6-11(16)14(12)17-13(19)10-15(18)8-3-2-4-9-15/h5-7H,2-4,8-10H2,1H3,(H,17,19). The van der Waals surface area contributed by atoms with Gasteiger partial charge in [0.25, 0.3) is 0 Å². The highest BCUT2D eigenvalue weighted by atomic mass is 19.1. The fourth-order valence-corrected chi connectivity index (χ4v) is 3.49. The summed E-state index contributed by atoms with van der Waals surface area (Å²) in [5.41, 5.74) is 0.992. The Balaban J connectivity index is 2.09. The van der Waals surface area contributed by atoms with Crippen molar-refractivity contribution >= 4 is 17.3 Å². The summed E-state index contributed by atoms with van der Waals surface area (Å²) in [5.74, 6) is -0.428. The zero-order valence-corrected chi connectivity index (χ0v) is 11.2. The van der Waals surface area contributed by atoms with Crippen LogP contribution in [0.4, 0.5) is 15.8 Å². The van der Waals surface area contributed by atoms with E-state index in [-0.39, 0.29) is 17.3 Å². The predicted octanol–water partition coefficient (Wildman–Crippen LogP) is 3.31. The third-order valence-corrected chi connectivity index (χ3v) is 4.60. The molecule has 1 saturated carbocycles. The summed E-state index contributed by atoms with van der Waals surface area (Å²) in [6.07, 6.45) is 5.98. The number of hydrogen-bond donors (Lipinski definition) is 1. The maximum atomic E-state index is 13.9. The fourth-order valence-electron chi connectivity index (χ4n) is 3.49. The first kappa shape index (κ1) is 12.5. The third kappa shape index (κ3) is 1.99. The molecule has 0 bridgehead atoms. The Morgan fingerprint density at radius 3 is 2.74 bits per heavy atom. The predicted molar refractivity (Wildman–Crippen MR) is 73.9 cm³/mol. The van der Waals surface area contributed by atoms with Gasteiger partial charge in [-0.15, -0.1) is 0 Å². The zero-order chi connectivity index (χ0) is 13.5. The second-order valence-corrected chi connectivity index (χ2v) is 5.70. The summed E-state index contributed by atoms with van der Waals surface area (Å²) < 4.78 is 13.9. The number of anilines is 2. The summed E-state index contributed by atoms with van der Waals surface area (Å²) in [4.78, 5) is 14.2. The minimum absolute atomic E-state index is 0.0717. The van der Waals surface area contributed by atoms with Crippen LogP contribution in [0.25, 0.3) is 0 Å². The van der Waals surface area contributed by atoms with Crippen LogP contribution in [0.3, 0.4) is 0 Å². The van der Waals surface area contributed by atoms with Crippen molar-refractivity contribution in [1.82, 2.24) is 0 Å². The summed E-state index contributed by atoms with van der Waals surface area (Å²) in [6.45, 7) is 0. The van der Waals surface area contributed by atoms with Gasteiger partial charge in [0.2, 0.25) is 5.91 Å². The fraction of sp³-hybridized carbons (Fsp3) is 0.533. The molecule has 1 N–H and O–H groups in total. The van der Waals surface area contributed by atoms with Crippen LogP contribution in [0.2, 0.25) is 0 Å². The van der Waals surface area contributed by atoms with Crippen molar-refractivity contribution in [1.29, 1.82) is 0 Å². The Bertz CT molecular complexity index is 509. The Morgan fingerprint density at radius 2 is 2.00 bits per heavy atom. The highest BCUT2D eigenvalue weighted by molar-refractivity contribution is 5.97. The van der Waals surface area contributed by atoms with Crippen LogP contribution in [0.5, 0.6) is 0 Å². The average molecular weight is 262 g/mol. The molecule has 1 aromatic carbocycles. The van der Waals surface area contributed by atoms with Gasteiger partial charge in [-0.1, -0.05) is 25.3 Å². The van der Waals surface area contributed by atoms with E-state index in [1.165, 1.54) is 12.5 Å². The molecular formula is C15H19FN2O. The molecule has 3 rings (SSSR count). The number of halogens is 1. The van der Waals surface area contributed by atoms with E-state index in [4.69, 9.17) is 0 Å². The number of carbonyl (C=O) groups is 1. The third-order valence-electron chi connectivity index (χ3n) is 4.60. The topological polar surface area (TPSA) is 32.3 Å². The van der Waals surface area contributed by atoms with Gasteiger partial charge in [-0.05, 0) is 25.0 Å². The number of amides is 1. The Labute approximate surface area is 112 Å². The molecule has 3 nitrogen and oxygen atoms in total. The van der Waals surface area contributed by atoms with Crippen LogP contribution < -0.4 is 10.2 Å². The van der Waals surface area contributed by atoms with Crippen LogP contribution in [0.1, 0.15) is 38.5 Å². The molecule has 1 aromatic rings. The van der Waals surface area contributed by atoms with Crippen molar-refractivity contribution in [2.24, 2.45) is 0 Å². The molecule has 0 atom stereocenters. The number of benzene rings is 1. The van der Waals surface area contributed by atoms with E-state index in [1.54, 1.807) is 6.07 Å². The zero-order valence-electron chi connectivity index (χ0n) is 11.2. The smallest absolute Gasteiger partial charge is 0.226 e. The van der Waals surface area contributed by atoms with Crippen LogP contribution in [0, 0.1) is 5.82 Å². The molecular weight excluding hydrogens is 243 g/mol. The minimum atomic E-state index is -0.356. The van der Waals surface area contributed by atoms with Gasteiger partial charge in [-0.3, -0.25) is 4.79 Å². The van der Waals surface area contributed by atoms with Gasteiger partial charge < -0.3 is 10.2 Å². The quantitative estimate of drug-likeness (QED) is 0.778. The summed E-state index contributed by atoms with van der Waals surface area (Å²) >= 11 is 0. The summed E-state index contributed by atoms with van der Waals surface area (Å²) in [7, 11) is 1.99. The molecule has 0 radical (unpaired) electrons. The van der Waals surface area contributed by atoms with Gasteiger partial charge >= 0.3 is 0 Å². The van der Waals surface area contributed by atoms with Crippen molar-refractivity contribution in [2.45, 2.75) is 44.1 Å². The highest BCUT2D eigenvalue weighted by Gasteiger charge is 2.41. The largest absolute Gasteiger partial charge is 0.367 e. The molecule has 1 amide bonds. The van der Waals surface area contributed by atoms with Crippen LogP contribution in [0.15, 0.2) is 18.2 Å². The molecule has 0 unspecified atom stereocenters. The first-order valence-corrected chi connectivity index (χ1v) is 6.95. The molecule has 19 heavy (non-hydrogen) atoms. The molecule has 1 fully saturated rings. The van der Waals surface area contributed by atoms with Crippen LogP contribution >= 0.6 is 0 Å². The SMILES string of the molecule is CN1c2cccc(F)c2NC(=O)CC12CCCCC2. The number of para-hydroxylation sites is 1. The second-order valence-electron chi connectivity index (χ2n) is 5.70. The Hall–Kier alpha value is -1.58. The molecule has 2 aliphatic rings. The van der Waals surface area contributed by atoms with Crippen LogP contribution in [-0.4, -0.2) is 18.5 Å². The van der Waals surface area contributed by atoms with E-state index in [0.717, 1.165) is 31.4 Å². The highest BCUT2D eigenvalue weighted by Crippen LogP contribution is 2.43. The monoisotopic (exact) mass is 262 g/mol. The van der Waals surface area contributed by atoms with E-state index in [0.29, 0.717) is 12.1 Å². The number of nitrogens with zero attached hydrogens (tertiary/aromatic N) is 1. The molecule has 1 heterocycles. The van der Waals surface area contributed by atoms with Crippen molar-refractivity contribution in [2.75, 3.05) is 17.3 Å². The number of rotatable bonds is 0. The van der Waals surface area contributed by atoms with Gasteiger partial charge in [-0.25, -0.2) is 4.39 Å². The van der Waals surface area contributed by atoms with Gasteiger partial charge in [0.1, 0.15) is 11.5 Å². The lowest BCUT2D eigenvalue weighted by Gasteiger charge is -2.44. The lowest BCUT2D eigenvalue weighted by Crippen LogP contribution is -2.49. The van der Waals surface area contributed by atoms with Crippen molar-refractivity contribution < 1.29 is 9.18 Å². The van der Waals surface area contributed by atoms with E-state index in [1.807, 2.05) is 13.1 Å². The molecule has 4 heteroatoms. The lowest BCUT2D eigenvalue weighted by molar-refractivity contribution is -0.117. The van der Waals surface area contributed by atoms with Gasteiger partial charge in [-0.2, -0.15) is 0 Å². The Morgan fingerprint density at radius 1 is 1.26 bits per heavy atom. The van der Waals surface area contributed by atoms with Gasteiger partial charge in [0, 0.05) is 12.6 Å². The van der Waals surface area contributed by atoms with E-state index < -0.39 is 0 Å². The first-order valence-electron chi connectivity index (χ1n) is 6.95. The number of fused-ring (bicyclic) bond motifs is 1. The normalized spacial score (nSPS) is 21.8. The van der Waals surface area contributed by atoms with Crippen LogP contribution in [-0.2, 0) is 4.79 Å². The molecule has 1 aliphatic carbocycles. The molecule has 102 valence electrons. The lowest BCUT2D eigenvalue weighted by atomic mass is 9.78. The summed E-state index contributed by atoms with van der Waals surface area (Å²) in [6, 6.07) is 4.99. The molecule has 0 aromatic heterocycles. The number of carbonyl (C=O) groups excluding carboxylic acids is 1. The Kier molecular flexibility index (Phi) is 2.96. The average Bonchev–Trinajstić information content (AvgIpc) is 2.50. The minimum Gasteiger partial charge on any atom is -0.367 e.